The van der Waals surface area contributed by atoms with Crippen LogP contribution in [0.1, 0.15) is 17.0 Å². The van der Waals surface area contributed by atoms with Gasteiger partial charge in [-0.15, -0.1) is 5.10 Å². The number of nitrogens with one attached hydrogen (secondary N) is 1. The molecular formula is C11H11F3N4O. The number of hydrogen-bond donors (Lipinski definition) is 2. The number of alkyl halides is 3. The van der Waals surface area contributed by atoms with Crippen molar-refractivity contribution in [3.8, 4) is 0 Å². The van der Waals surface area contributed by atoms with E-state index in [2.05, 4.69) is 15.5 Å². The molecule has 0 aliphatic carbocycles. The van der Waals surface area contributed by atoms with Gasteiger partial charge in [-0.2, -0.15) is 13.2 Å². The molecule has 0 aliphatic heterocycles. The van der Waals surface area contributed by atoms with E-state index >= 15 is 0 Å². The third kappa shape index (κ3) is 3.44. The van der Waals surface area contributed by atoms with Crippen molar-refractivity contribution in [3.63, 3.8) is 0 Å². The highest BCUT2D eigenvalue weighted by Gasteiger charge is 2.29. The fourth-order valence-electron chi connectivity index (χ4n) is 1.40. The second kappa shape index (κ2) is 5.27. The van der Waals surface area contributed by atoms with Crippen molar-refractivity contribution in [2.24, 2.45) is 5.73 Å². The van der Waals surface area contributed by atoms with Crippen LogP contribution in [0.3, 0.4) is 0 Å². The van der Waals surface area contributed by atoms with Crippen molar-refractivity contribution in [2.45, 2.75) is 19.3 Å². The van der Waals surface area contributed by atoms with Gasteiger partial charge in [0.1, 0.15) is 0 Å². The summed E-state index contributed by atoms with van der Waals surface area (Å²) in [6, 6.07) is 5.00. The topological polar surface area (TPSA) is 77.0 Å². The maximum Gasteiger partial charge on any atom is 0.416 e. The maximum atomic E-state index is 12.4. The summed E-state index contributed by atoms with van der Waals surface area (Å²) < 4.78 is 42.1. The molecule has 5 nitrogen and oxygen atoms in total. The van der Waals surface area contributed by atoms with E-state index in [4.69, 9.17) is 10.2 Å². The van der Waals surface area contributed by atoms with Gasteiger partial charge in [0, 0.05) is 6.54 Å². The molecule has 0 saturated heterocycles. The van der Waals surface area contributed by atoms with E-state index in [9.17, 15) is 13.2 Å². The highest BCUT2D eigenvalue weighted by atomic mass is 19.4. The Hall–Kier alpha value is -2.09. The second-order valence-electron chi connectivity index (χ2n) is 3.75. The number of anilines is 1. The van der Waals surface area contributed by atoms with Gasteiger partial charge in [0.15, 0.2) is 0 Å². The SMILES string of the molecule is NCc1nnc(NCc2ccc(C(F)(F)F)cc2)o1. The summed E-state index contributed by atoms with van der Waals surface area (Å²) in [5.41, 5.74) is 5.28. The van der Waals surface area contributed by atoms with Crippen LogP contribution in [0.4, 0.5) is 19.2 Å². The molecule has 2 rings (SSSR count). The predicted octanol–water partition coefficient (Wildman–Crippen LogP) is 2.16. The molecule has 0 spiro atoms. The highest BCUT2D eigenvalue weighted by molar-refractivity contribution is 5.28. The van der Waals surface area contributed by atoms with Crippen molar-refractivity contribution >= 4 is 6.01 Å². The summed E-state index contributed by atoms with van der Waals surface area (Å²) in [6.45, 7) is 0.416. The zero-order chi connectivity index (χ0) is 13.9. The predicted molar refractivity (Wildman–Crippen MR) is 61.0 cm³/mol. The lowest BCUT2D eigenvalue weighted by atomic mass is 10.1. The summed E-state index contributed by atoms with van der Waals surface area (Å²) in [4.78, 5) is 0. The molecule has 0 atom stereocenters. The van der Waals surface area contributed by atoms with E-state index in [1.165, 1.54) is 12.1 Å². The Morgan fingerprint density at radius 3 is 2.37 bits per heavy atom. The number of benzene rings is 1. The molecular weight excluding hydrogens is 261 g/mol. The van der Waals surface area contributed by atoms with Gasteiger partial charge in [-0.25, -0.2) is 0 Å². The van der Waals surface area contributed by atoms with Crippen molar-refractivity contribution in [1.29, 1.82) is 0 Å². The average Bonchev–Trinajstić information content (AvgIpc) is 2.84. The van der Waals surface area contributed by atoms with Crippen LogP contribution in [-0.4, -0.2) is 10.2 Å². The minimum absolute atomic E-state index is 0.134. The molecule has 2 aromatic rings. The molecule has 0 amide bonds. The zero-order valence-electron chi connectivity index (χ0n) is 9.74. The van der Waals surface area contributed by atoms with Crippen LogP contribution in [0.2, 0.25) is 0 Å². The van der Waals surface area contributed by atoms with Gasteiger partial charge in [0.05, 0.1) is 12.1 Å². The second-order valence-corrected chi connectivity index (χ2v) is 3.75. The van der Waals surface area contributed by atoms with Crippen molar-refractivity contribution < 1.29 is 17.6 Å². The molecule has 8 heteroatoms. The van der Waals surface area contributed by atoms with Gasteiger partial charge < -0.3 is 15.5 Å². The minimum Gasteiger partial charge on any atom is -0.407 e. The Balaban J connectivity index is 1.96. The number of nitrogens with two attached hydrogens (primary N) is 1. The first-order valence-electron chi connectivity index (χ1n) is 5.41. The van der Waals surface area contributed by atoms with Gasteiger partial charge in [0.25, 0.3) is 0 Å². The highest BCUT2D eigenvalue weighted by Crippen LogP contribution is 2.29. The van der Waals surface area contributed by atoms with Crippen LogP contribution < -0.4 is 11.1 Å². The molecule has 0 radical (unpaired) electrons. The lowest BCUT2D eigenvalue weighted by Gasteiger charge is -2.07. The molecule has 0 aliphatic rings. The molecule has 0 saturated carbocycles. The average molecular weight is 272 g/mol. The number of hydrogen-bond acceptors (Lipinski definition) is 5. The molecule has 0 fully saturated rings. The summed E-state index contributed by atoms with van der Waals surface area (Å²) in [7, 11) is 0. The largest absolute Gasteiger partial charge is 0.416 e. The van der Waals surface area contributed by atoms with E-state index in [1.54, 1.807) is 0 Å². The van der Waals surface area contributed by atoms with Crippen LogP contribution in [0.25, 0.3) is 0 Å². The van der Waals surface area contributed by atoms with Gasteiger partial charge in [-0.05, 0) is 17.7 Å². The summed E-state index contributed by atoms with van der Waals surface area (Å²) >= 11 is 0. The number of aromatic nitrogens is 2. The fraction of sp³-hybridized carbons (Fsp3) is 0.273. The third-order valence-electron chi connectivity index (χ3n) is 2.37. The van der Waals surface area contributed by atoms with Crippen LogP contribution in [0.5, 0.6) is 0 Å². The van der Waals surface area contributed by atoms with Crippen LogP contribution in [0.15, 0.2) is 28.7 Å². The molecule has 1 heterocycles. The smallest absolute Gasteiger partial charge is 0.407 e. The van der Waals surface area contributed by atoms with Gasteiger partial charge >= 0.3 is 12.2 Å². The Morgan fingerprint density at radius 1 is 1.16 bits per heavy atom. The van der Waals surface area contributed by atoms with Crippen molar-refractivity contribution in [1.82, 2.24) is 10.2 Å². The summed E-state index contributed by atoms with van der Waals surface area (Å²) in [6.07, 6.45) is -4.32. The monoisotopic (exact) mass is 272 g/mol. The molecule has 3 N–H and O–H groups in total. The van der Waals surface area contributed by atoms with Crippen LogP contribution in [-0.2, 0) is 19.3 Å². The third-order valence-corrected chi connectivity index (χ3v) is 2.37. The van der Waals surface area contributed by atoms with Crippen molar-refractivity contribution in [2.75, 3.05) is 5.32 Å². The van der Waals surface area contributed by atoms with E-state index in [-0.39, 0.29) is 25.0 Å². The first-order valence-corrected chi connectivity index (χ1v) is 5.41. The fourth-order valence-corrected chi connectivity index (χ4v) is 1.40. The minimum atomic E-state index is -4.32. The van der Waals surface area contributed by atoms with Gasteiger partial charge in [0.2, 0.25) is 5.89 Å². The molecule has 1 aromatic heterocycles. The number of rotatable bonds is 4. The Labute approximate surface area is 106 Å². The van der Waals surface area contributed by atoms with Gasteiger partial charge in [-0.3, -0.25) is 0 Å². The molecule has 102 valence electrons. The van der Waals surface area contributed by atoms with E-state index in [1.807, 2.05) is 0 Å². The first-order chi connectivity index (χ1) is 8.99. The maximum absolute atomic E-state index is 12.4. The Kier molecular flexibility index (Phi) is 3.70. The molecule has 19 heavy (non-hydrogen) atoms. The van der Waals surface area contributed by atoms with E-state index in [0.717, 1.165) is 12.1 Å². The quantitative estimate of drug-likeness (QED) is 0.891. The first kappa shape index (κ1) is 13.3. The molecule has 1 aromatic carbocycles. The Morgan fingerprint density at radius 2 is 1.84 bits per heavy atom. The standard InChI is InChI=1S/C11H11F3N4O/c12-11(13,14)8-3-1-7(2-4-8)6-16-10-18-17-9(5-15)19-10/h1-4H,5-6,15H2,(H,16,18). The van der Waals surface area contributed by atoms with Crippen molar-refractivity contribution in [3.05, 3.63) is 41.3 Å². The van der Waals surface area contributed by atoms with Crippen LogP contribution >= 0.6 is 0 Å². The lowest BCUT2D eigenvalue weighted by Crippen LogP contribution is -2.05. The Bertz CT molecular complexity index is 536. The molecule has 0 bridgehead atoms. The summed E-state index contributed by atoms with van der Waals surface area (Å²) in [5.74, 6) is 0.287. The lowest BCUT2D eigenvalue weighted by molar-refractivity contribution is -0.137. The van der Waals surface area contributed by atoms with Crippen LogP contribution in [0, 0.1) is 0 Å². The normalized spacial score (nSPS) is 11.6. The van der Waals surface area contributed by atoms with Gasteiger partial charge in [-0.1, -0.05) is 17.2 Å². The van der Waals surface area contributed by atoms with E-state index in [0.29, 0.717) is 5.56 Å². The number of nitrogens with zero attached hydrogens (tertiary/aromatic N) is 2. The van der Waals surface area contributed by atoms with E-state index < -0.39 is 11.7 Å². The zero-order valence-corrected chi connectivity index (χ0v) is 9.74. The number of halogens is 3. The molecule has 0 unspecified atom stereocenters. The summed E-state index contributed by atoms with van der Waals surface area (Å²) in [5, 5.41) is 10.1.